The number of carbonyl (C=O) groups excluding carboxylic acids is 6. The van der Waals surface area contributed by atoms with Gasteiger partial charge in [0, 0.05) is 65.5 Å². The monoisotopic (exact) mass is 2510 g/mol. The van der Waals surface area contributed by atoms with Crippen LogP contribution in [0.5, 0.6) is 5.75 Å². The second-order valence-electron chi connectivity index (χ2n) is 34.8. The fourth-order valence-electron chi connectivity index (χ4n) is 19.3. The van der Waals surface area contributed by atoms with Crippen LogP contribution >= 0.6 is 238 Å². The van der Waals surface area contributed by atoms with Gasteiger partial charge in [-0.2, -0.15) is 0 Å². The first kappa shape index (κ1) is 112. The van der Waals surface area contributed by atoms with Crippen LogP contribution in [0.3, 0.4) is 0 Å². The molecule has 6 amide bonds. The minimum atomic E-state index is -1.79. The number of aliphatic imine (C=N–C) groups is 5. The van der Waals surface area contributed by atoms with Crippen molar-refractivity contribution < 1.29 is 77.6 Å². The summed E-state index contributed by atoms with van der Waals surface area (Å²) in [7, 11) is 0. The van der Waals surface area contributed by atoms with Gasteiger partial charge in [-0.15, -0.1) is 0 Å². The summed E-state index contributed by atoms with van der Waals surface area (Å²) >= 11 is 97.9. The van der Waals surface area contributed by atoms with E-state index in [4.69, 9.17) is 208 Å². The zero-order valence-corrected chi connectivity index (χ0v) is 91.4. The van der Waals surface area contributed by atoms with Gasteiger partial charge in [-0.25, -0.2) is 48.9 Å². The molecule has 8 fully saturated rings. The van der Waals surface area contributed by atoms with E-state index in [0.29, 0.717) is 93.9 Å². The van der Waals surface area contributed by atoms with E-state index in [1.165, 1.54) is 0 Å². The lowest BCUT2D eigenvalue weighted by molar-refractivity contribution is 0.00934. The third kappa shape index (κ3) is 23.7. The van der Waals surface area contributed by atoms with Gasteiger partial charge in [-0.1, -0.05) is 316 Å². The molecule has 16 aliphatic heterocycles. The smallest absolute Gasteiger partial charge is 0.414 e. The molecule has 0 aromatic heterocycles. The number of halogens is 19. The molecule has 140 heavy (non-hydrogen) atoms. The number of fused-ring (bicyclic) bond motifs is 1. The van der Waals surface area contributed by atoms with Gasteiger partial charge in [-0.05, 0) is 30.1 Å². The quantitative estimate of drug-likeness (QED) is 0.0656. The Hall–Kier alpha value is -5.56. The van der Waals surface area contributed by atoms with E-state index in [9.17, 15) is 49.2 Å². The van der Waals surface area contributed by atoms with Crippen LogP contribution in [0.2, 0.25) is 0 Å². The molecule has 0 aliphatic carbocycles. The molecule has 5 spiro atoms. The molecule has 17 rings (SSSR count). The molecular weight excluding hydrogens is 2420 g/mol. The number of nitrogens with zero attached hydrogens (tertiary/aromatic N) is 10. The Morgan fingerprint density at radius 3 is 1.16 bits per heavy atom. The Bertz CT molecular complexity index is 4990. The number of benzene rings is 1. The molecule has 21 atom stereocenters. The van der Waals surface area contributed by atoms with E-state index in [-0.39, 0.29) is 110 Å². The highest BCUT2D eigenvalue weighted by Crippen LogP contribution is 2.48. The number of guanidine groups is 5. The lowest BCUT2D eigenvalue weighted by Gasteiger charge is -2.47. The molecule has 22 N–H and O–H groups in total. The molecular formula is C78H98Br4Cl15N27O16. The number of aliphatic hydroxyl groups is 4. The number of aliphatic hydroxyl groups excluding tert-OH is 4. The normalized spacial score (nSPS) is 32.5. The molecule has 1 aromatic carbocycles. The Balaban J connectivity index is 0.000000150. The third-order valence-corrected chi connectivity index (χ3v) is 29.2. The van der Waals surface area contributed by atoms with Crippen molar-refractivity contribution in [3.63, 3.8) is 0 Å². The molecule has 774 valence electrons. The SMILES string of the molecule is C=C1N[C@H]2[C@H](CBr)N=C(NC(=O)OCC(Cl)(Cl)Cl)N3CC=C[C@]23N1.C=C1N[C@H]2[C@H](CBr)N=C(NC(=O)OCC(Cl)(Cl)Cl)N3C[C@H](C)[C@H](O)[C@]23N1.C=C1N[C@H]2[C@H](CBr)N=C(NC(=O)OCC(Cl)(Cl)Cl)N3C[C@H](N)[C@H](O)[C@]23N1.C=C1N[C@H]2[C@H](CBr)N=C(NC(=O)OCC(Cl)(Cl)Cl)N3C[C@H](NC(=O)c4cccc5c4OCCC5(C)C)[C@H](O)[C@]23N1.C=C1N[C@H]2[C@H](CO)N=C(NC(=O)OCC(Cl)(Cl)Cl)N3CC=C[C@]23N1. The zero-order valence-electron chi connectivity index (χ0n) is 73.8. The fraction of sp³-hybridized carbons (Fsp3) is 0.603. The standard InChI is InChI=1S/C25H30BrCl3N6O5.C14H19BrCl3N5O3.C13H18BrCl3N6O3.C13H15BrCl3N5O2.C13H16Cl3N5O3/c1-12-30-18-15(9-26)32-21(33-22(38)40-11-24(27,28)29)35-10-16(19(36)25(18,35)34-12)31-20(37)13-5-4-6-14-17(13)39-8-7-23(14,2)3;1-6-4-23-11(21-12(25)26-5-13(16,17)18)20-8(3-15)9-14(23,10(6)24)22-7(2)19-9;1-5-19-8-7(2-14)20-10(21-11(25)26-4-12(15,16)17)23-3-6(18)9(24)13(8,23)22-5;1-7-18-9-8(5-14)19-10(20-11(23)24-6-13(15,16)17)22-4-2-3-12(9,22)21-7;1-7-17-9-8(5-22)18-10(19-11(23)24-6-13(14,15)16)21-4-2-3-12(9,21)20-7/h4-6,15-16,18-19,30,34,36H,1,7-11H2,2-3H3,(H,31,37)(H,32,33,38);6,8-10,19,22,24H,2-5H2,1H3,(H,20,21,25);6-9,19,22,24H,1-4,18H2,(H,20,21,25);2-3,8-9,18,21H,1,4-6H2,(H,19,20,23);2-3,8-9,17,20,22H,1,4-6H2,(H,18,19,23)/t15-,16-,18-,19-,25-;6-,8-,9-,10-,14-;6-,7-,8-,9-,13-;2*8-,9-,12+/m00000/s1. The van der Waals surface area contributed by atoms with Crippen molar-refractivity contribution in [3.05, 3.63) is 116 Å². The first-order valence-electron chi connectivity index (χ1n) is 42.5. The summed E-state index contributed by atoms with van der Waals surface area (Å²) in [6, 6.07) is 1.32. The number of hydrogen-bond acceptors (Lipinski definition) is 37. The lowest BCUT2D eigenvalue weighted by atomic mass is 9.79. The van der Waals surface area contributed by atoms with Crippen molar-refractivity contribution in [3.8, 4) is 5.75 Å². The van der Waals surface area contributed by atoms with Crippen LogP contribution in [0, 0.1) is 5.92 Å². The minimum Gasteiger partial charge on any atom is -0.492 e. The maximum atomic E-state index is 13.6. The highest BCUT2D eigenvalue weighted by Gasteiger charge is 2.70. The largest absolute Gasteiger partial charge is 0.492 e. The summed E-state index contributed by atoms with van der Waals surface area (Å²) in [6.45, 7) is 25.9. The zero-order chi connectivity index (χ0) is 103. The number of para-hydroxylation sites is 1. The minimum absolute atomic E-state index is 0.0223. The predicted molar refractivity (Wildman–Crippen MR) is 550 cm³/mol. The van der Waals surface area contributed by atoms with Crippen molar-refractivity contribution in [2.45, 2.75) is 171 Å². The second-order valence-corrected chi connectivity index (χ2v) is 50.0. The summed E-state index contributed by atoms with van der Waals surface area (Å²) in [5.41, 5.74) is 3.03. The van der Waals surface area contributed by atoms with Gasteiger partial charge >= 0.3 is 30.5 Å². The Morgan fingerprint density at radius 1 is 0.471 bits per heavy atom. The average molecular weight is 2520 g/mol. The van der Waals surface area contributed by atoms with Crippen LogP contribution in [0.25, 0.3) is 0 Å². The van der Waals surface area contributed by atoms with Crippen molar-refractivity contribution in [1.82, 2.24) is 110 Å². The third-order valence-electron chi connectivity index (χ3n) is 24.9. The number of amides is 6. The highest BCUT2D eigenvalue weighted by atomic mass is 79.9. The van der Waals surface area contributed by atoms with Crippen molar-refractivity contribution in [1.29, 1.82) is 0 Å². The van der Waals surface area contributed by atoms with Crippen LogP contribution in [-0.2, 0) is 29.1 Å². The molecule has 0 radical (unpaired) electrons. The summed E-state index contributed by atoms with van der Waals surface area (Å²) in [5, 5.41) is 93.4. The van der Waals surface area contributed by atoms with Crippen LogP contribution in [0.4, 0.5) is 24.0 Å². The average Bonchev–Trinajstić information content (AvgIpc) is 1.55. The van der Waals surface area contributed by atoms with Crippen molar-refractivity contribution in [2.75, 3.05) is 100 Å². The highest BCUT2D eigenvalue weighted by molar-refractivity contribution is 9.09. The van der Waals surface area contributed by atoms with Crippen molar-refractivity contribution >= 4 is 304 Å². The lowest BCUT2D eigenvalue weighted by Crippen LogP contribution is -2.73. The van der Waals surface area contributed by atoms with Crippen molar-refractivity contribution in [2.24, 2.45) is 36.6 Å². The Kier molecular flexibility index (Phi) is 34.8. The van der Waals surface area contributed by atoms with Gasteiger partial charge < -0.3 is 138 Å². The van der Waals surface area contributed by atoms with Gasteiger partial charge in [-0.3, -0.25) is 31.4 Å². The first-order valence-corrected chi connectivity index (χ1v) is 52.6. The van der Waals surface area contributed by atoms with Gasteiger partial charge in [0.1, 0.15) is 63.1 Å². The van der Waals surface area contributed by atoms with Gasteiger partial charge in [0.05, 0.1) is 114 Å². The summed E-state index contributed by atoms with van der Waals surface area (Å²) in [4.78, 5) is 106. The molecule has 8 saturated heterocycles. The van der Waals surface area contributed by atoms with Gasteiger partial charge in [0.25, 0.3) is 5.91 Å². The number of nitrogens with one attached hydrogen (secondary N) is 16. The number of alkyl halides is 19. The summed E-state index contributed by atoms with van der Waals surface area (Å²) < 4.78 is 22.0. The van der Waals surface area contributed by atoms with E-state index in [2.05, 4.69) is 220 Å². The van der Waals surface area contributed by atoms with E-state index < -0.39 is 153 Å². The second kappa shape index (κ2) is 43.7. The maximum Gasteiger partial charge on any atom is 0.414 e. The molecule has 62 heteroatoms. The van der Waals surface area contributed by atoms with Crippen LogP contribution < -0.4 is 95.5 Å². The first-order chi connectivity index (χ1) is 65.4. The molecule has 0 bridgehead atoms. The number of carbonyl (C=O) groups is 6. The molecule has 1 aromatic rings. The van der Waals surface area contributed by atoms with Crippen LogP contribution in [-0.4, -0.2) is 349 Å². The molecule has 43 nitrogen and oxygen atoms in total. The summed E-state index contributed by atoms with van der Waals surface area (Å²) in [6.07, 6.45) is 1.93. The molecule has 16 heterocycles. The number of nitrogens with two attached hydrogens (primary N) is 1. The molecule has 0 unspecified atom stereocenters. The van der Waals surface area contributed by atoms with Gasteiger partial charge in [0.15, 0.2) is 28.3 Å². The maximum absolute atomic E-state index is 13.6. The molecule has 16 aliphatic rings. The number of rotatable bonds is 12. The van der Waals surface area contributed by atoms with Crippen LogP contribution in [0.1, 0.15) is 43.1 Å². The Morgan fingerprint density at radius 2 is 0.793 bits per heavy atom. The van der Waals surface area contributed by atoms with E-state index in [1.54, 1.807) is 15.9 Å². The summed E-state index contributed by atoms with van der Waals surface area (Å²) in [5.74, 6) is 4.28. The fourth-order valence-corrected chi connectivity index (χ4v) is 22.1. The van der Waals surface area contributed by atoms with E-state index >= 15 is 0 Å². The van der Waals surface area contributed by atoms with Gasteiger partial charge in [0.2, 0.25) is 48.8 Å². The van der Waals surface area contributed by atoms with E-state index in [0.717, 1.165) is 12.0 Å². The number of alkyl carbamates (subject to hydrolysis) is 5. The topological polar surface area (TPSA) is 535 Å². The number of ether oxygens (including phenoxy) is 6. The number of hydrogen-bond donors (Lipinski definition) is 21. The van der Waals surface area contributed by atoms with Crippen LogP contribution in [0.15, 0.2) is 129 Å². The molecule has 0 saturated carbocycles. The Labute approximate surface area is 911 Å². The predicted octanol–water partition coefficient (Wildman–Crippen LogP) is 5.92. The van der Waals surface area contributed by atoms with E-state index in [1.807, 2.05) is 58.1 Å².